The highest BCUT2D eigenvalue weighted by Crippen LogP contribution is 2.31. The Morgan fingerprint density at radius 1 is 1.40 bits per heavy atom. The van der Waals surface area contributed by atoms with E-state index >= 15 is 0 Å². The number of nitrogens with one attached hydrogen (secondary N) is 2. The van der Waals surface area contributed by atoms with Gasteiger partial charge in [-0.3, -0.25) is 4.79 Å². The molecule has 0 saturated heterocycles. The molecule has 1 atom stereocenters. The maximum Gasteiger partial charge on any atom is 0.269 e. The van der Waals surface area contributed by atoms with E-state index in [1.807, 2.05) is 24.3 Å². The number of benzene rings is 1. The number of aromatic amines is 1. The first-order chi connectivity index (χ1) is 9.83. The van der Waals surface area contributed by atoms with Crippen LogP contribution in [-0.4, -0.2) is 35.1 Å². The Morgan fingerprint density at radius 2 is 2.25 bits per heavy atom. The molecule has 6 nitrogen and oxygen atoms in total. The van der Waals surface area contributed by atoms with Gasteiger partial charge < -0.3 is 19.8 Å². The number of rotatable bonds is 4. The van der Waals surface area contributed by atoms with Crippen LogP contribution in [0.2, 0.25) is 0 Å². The third-order valence-electron chi connectivity index (χ3n) is 3.06. The van der Waals surface area contributed by atoms with Gasteiger partial charge in [0.05, 0.1) is 12.5 Å². The molecule has 20 heavy (non-hydrogen) atoms. The molecule has 1 aliphatic rings. The molecule has 6 heteroatoms. The molecule has 1 aliphatic heterocycles. The number of H-pyrrole nitrogens is 1. The smallest absolute Gasteiger partial charge is 0.269 e. The normalized spacial score (nSPS) is 16.7. The van der Waals surface area contributed by atoms with E-state index < -0.39 is 0 Å². The van der Waals surface area contributed by atoms with Gasteiger partial charge in [0.2, 0.25) is 0 Å². The van der Waals surface area contributed by atoms with Crippen LogP contribution in [0.5, 0.6) is 11.5 Å². The largest absolute Gasteiger partial charge is 0.486 e. The second-order valence-electron chi connectivity index (χ2n) is 4.51. The Balaban J connectivity index is 1.47. The van der Waals surface area contributed by atoms with Crippen molar-refractivity contribution in [3.63, 3.8) is 0 Å². The van der Waals surface area contributed by atoms with E-state index in [4.69, 9.17) is 9.47 Å². The highest BCUT2D eigenvalue weighted by atomic mass is 16.6. The van der Waals surface area contributed by atoms with E-state index in [1.165, 1.54) is 12.5 Å². The van der Waals surface area contributed by atoms with Gasteiger partial charge in [-0.05, 0) is 12.1 Å². The van der Waals surface area contributed by atoms with Crippen molar-refractivity contribution in [2.45, 2.75) is 12.5 Å². The SMILES string of the molecule is O=C(NCC[C@H]1COc2ccccc2O1)c1cnc[nH]1. The van der Waals surface area contributed by atoms with Gasteiger partial charge in [-0.2, -0.15) is 0 Å². The summed E-state index contributed by atoms with van der Waals surface area (Å²) in [5, 5.41) is 2.81. The Morgan fingerprint density at radius 3 is 3.05 bits per heavy atom. The van der Waals surface area contributed by atoms with Gasteiger partial charge in [0, 0.05) is 13.0 Å². The molecular weight excluding hydrogens is 258 g/mol. The van der Waals surface area contributed by atoms with Gasteiger partial charge in [-0.25, -0.2) is 4.98 Å². The molecule has 3 rings (SSSR count). The van der Waals surface area contributed by atoms with Crippen LogP contribution in [0.1, 0.15) is 16.9 Å². The lowest BCUT2D eigenvalue weighted by atomic mass is 10.2. The maximum absolute atomic E-state index is 11.7. The number of carbonyl (C=O) groups is 1. The molecule has 104 valence electrons. The quantitative estimate of drug-likeness (QED) is 0.882. The fraction of sp³-hybridized carbons (Fsp3) is 0.286. The summed E-state index contributed by atoms with van der Waals surface area (Å²) in [6.07, 6.45) is 3.61. The summed E-state index contributed by atoms with van der Waals surface area (Å²) in [7, 11) is 0. The van der Waals surface area contributed by atoms with Crippen molar-refractivity contribution >= 4 is 5.91 Å². The average molecular weight is 273 g/mol. The zero-order valence-corrected chi connectivity index (χ0v) is 10.8. The minimum atomic E-state index is -0.167. The van der Waals surface area contributed by atoms with Crippen molar-refractivity contribution in [1.82, 2.24) is 15.3 Å². The molecule has 1 amide bonds. The molecule has 0 spiro atoms. The lowest BCUT2D eigenvalue weighted by molar-refractivity contribution is 0.0811. The Hall–Kier alpha value is -2.50. The molecule has 0 saturated carbocycles. The van der Waals surface area contributed by atoms with Gasteiger partial charge in [-0.1, -0.05) is 12.1 Å². The van der Waals surface area contributed by atoms with E-state index in [1.54, 1.807) is 0 Å². The molecule has 2 heterocycles. The predicted octanol–water partition coefficient (Wildman–Crippen LogP) is 1.37. The van der Waals surface area contributed by atoms with Gasteiger partial charge in [0.15, 0.2) is 11.5 Å². The Bertz CT molecular complexity index is 583. The van der Waals surface area contributed by atoms with Crippen molar-refractivity contribution in [1.29, 1.82) is 0 Å². The molecular formula is C14H15N3O3. The number of hydrogen-bond donors (Lipinski definition) is 2. The molecule has 2 N–H and O–H groups in total. The number of para-hydroxylation sites is 2. The van der Waals surface area contributed by atoms with E-state index in [2.05, 4.69) is 15.3 Å². The minimum absolute atomic E-state index is 0.0491. The average Bonchev–Trinajstić information content (AvgIpc) is 3.01. The number of fused-ring (bicyclic) bond motifs is 1. The number of ether oxygens (including phenoxy) is 2. The third-order valence-corrected chi connectivity index (χ3v) is 3.06. The first kappa shape index (κ1) is 12.5. The number of carbonyl (C=O) groups excluding carboxylic acids is 1. The zero-order chi connectivity index (χ0) is 13.8. The van der Waals surface area contributed by atoms with E-state index in [0.717, 1.165) is 11.5 Å². The summed E-state index contributed by atoms with van der Waals surface area (Å²) >= 11 is 0. The van der Waals surface area contributed by atoms with Gasteiger partial charge in [0.1, 0.15) is 18.4 Å². The van der Waals surface area contributed by atoms with Gasteiger partial charge >= 0.3 is 0 Å². The van der Waals surface area contributed by atoms with Crippen LogP contribution in [0.3, 0.4) is 0 Å². The molecule has 1 aromatic carbocycles. The summed E-state index contributed by atoms with van der Waals surface area (Å²) in [6.45, 7) is 1.02. The molecule has 1 aromatic heterocycles. The lowest BCUT2D eigenvalue weighted by Crippen LogP contribution is -2.34. The summed E-state index contributed by atoms with van der Waals surface area (Å²) in [5.74, 6) is 1.36. The minimum Gasteiger partial charge on any atom is -0.486 e. The van der Waals surface area contributed by atoms with Crippen LogP contribution in [-0.2, 0) is 0 Å². The lowest BCUT2D eigenvalue weighted by Gasteiger charge is -2.26. The Labute approximate surface area is 116 Å². The van der Waals surface area contributed by atoms with Crippen LogP contribution >= 0.6 is 0 Å². The van der Waals surface area contributed by atoms with Crippen LogP contribution in [0.4, 0.5) is 0 Å². The number of imidazole rings is 1. The molecule has 0 fully saturated rings. The first-order valence-electron chi connectivity index (χ1n) is 6.48. The number of hydrogen-bond acceptors (Lipinski definition) is 4. The highest BCUT2D eigenvalue weighted by molar-refractivity contribution is 5.91. The van der Waals surface area contributed by atoms with Crippen LogP contribution < -0.4 is 14.8 Å². The number of amides is 1. The molecule has 2 aromatic rings. The molecule has 0 aliphatic carbocycles. The summed E-state index contributed by atoms with van der Waals surface area (Å²) in [4.78, 5) is 18.3. The molecule has 0 bridgehead atoms. The fourth-order valence-corrected chi connectivity index (χ4v) is 2.03. The maximum atomic E-state index is 11.7. The van der Waals surface area contributed by atoms with Crippen molar-refractivity contribution < 1.29 is 14.3 Å². The van der Waals surface area contributed by atoms with Crippen LogP contribution in [0.25, 0.3) is 0 Å². The zero-order valence-electron chi connectivity index (χ0n) is 10.8. The predicted molar refractivity (Wildman–Crippen MR) is 71.9 cm³/mol. The Kier molecular flexibility index (Phi) is 3.54. The highest BCUT2D eigenvalue weighted by Gasteiger charge is 2.20. The monoisotopic (exact) mass is 273 g/mol. The molecule has 0 unspecified atom stereocenters. The van der Waals surface area contributed by atoms with Crippen molar-refractivity contribution in [2.24, 2.45) is 0 Å². The second-order valence-corrected chi connectivity index (χ2v) is 4.51. The number of aromatic nitrogens is 2. The standard InChI is InChI=1S/C14H15N3O3/c18-14(11-7-15-9-17-11)16-6-5-10-8-19-12-3-1-2-4-13(12)20-10/h1-4,7,9-10H,5-6,8H2,(H,15,17)(H,16,18)/t10-/m0/s1. The summed E-state index contributed by atoms with van der Waals surface area (Å²) < 4.78 is 11.4. The summed E-state index contributed by atoms with van der Waals surface area (Å²) in [5.41, 5.74) is 0.455. The van der Waals surface area contributed by atoms with Gasteiger partial charge in [0.25, 0.3) is 5.91 Å². The van der Waals surface area contributed by atoms with Crippen molar-refractivity contribution in [3.05, 3.63) is 42.5 Å². The van der Waals surface area contributed by atoms with Crippen LogP contribution in [0.15, 0.2) is 36.8 Å². The van der Waals surface area contributed by atoms with Crippen molar-refractivity contribution in [3.8, 4) is 11.5 Å². The second kappa shape index (κ2) is 5.64. The first-order valence-corrected chi connectivity index (χ1v) is 6.48. The third kappa shape index (κ3) is 2.74. The van der Waals surface area contributed by atoms with E-state index in [9.17, 15) is 4.79 Å². The fourth-order valence-electron chi connectivity index (χ4n) is 2.03. The van der Waals surface area contributed by atoms with Crippen LogP contribution in [0, 0.1) is 0 Å². The topological polar surface area (TPSA) is 76.2 Å². The van der Waals surface area contributed by atoms with Crippen molar-refractivity contribution in [2.75, 3.05) is 13.2 Å². The van der Waals surface area contributed by atoms with E-state index in [-0.39, 0.29) is 12.0 Å². The van der Waals surface area contributed by atoms with Gasteiger partial charge in [-0.15, -0.1) is 0 Å². The summed E-state index contributed by atoms with van der Waals surface area (Å²) in [6, 6.07) is 7.58. The van der Waals surface area contributed by atoms with E-state index in [0.29, 0.717) is 25.3 Å². The molecule has 0 radical (unpaired) electrons. The number of nitrogens with zero attached hydrogens (tertiary/aromatic N) is 1.